The van der Waals surface area contributed by atoms with E-state index in [0.717, 1.165) is 43.1 Å². The average Bonchev–Trinajstić information content (AvgIpc) is 2.99. The van der Waals surface area contributed by atoms with E-state index < -0.39 is 0 Å². The van der Waals surface area contributed by atoms with Crippen molar-refractivity contribution in [3.05, 3.63) is 71.4 Å². The minimum absolute atomic E-state index is 0. The van der Waals surface area contributed by atoms with E-state index in [1.54, 1.807) is 12.1 Å². The quantitative estimate of drug-likeness (QED) is 0.731. The van der Waals surface area contributed by atoms with Crippen LogP contribution in [0.3, 0.4) is 0 Å². The van der Waals surface area contributed by atoms with E-state index >= 15 is 0 Å². The molecule has 0 saturated carbocycles. The van der Waals surface area contributed by atoms with Gasteiger partial charge < -0.3 is 9.72 Å². The lowest BCUT2D eigenvalue weighted by molar-refractivity contribution is 0.152. The van der Waals surface area contributed by atoms with Crippen LogP contribution in [-0.2, 0) is 6.54 Å². The maximum atomic E-state index is 13.6. The number of hydrogen-bond acceptors (Lipinski definition) is 3. The van der Waals surface area contributed by atoms with Crippen LogP contribution < -0.4 is 5.32 Å². The van der Waals surface area contributed by atoms with Gasteiger partial charge in [0.2, 0.25) is 0 Å². The van der Waals surface area contributed by atoms with Crippen LogP contribution in [0.5, 0.6) is 0 Å². The highest BCUT2D eigenvalue weighted by Gasteiger charge is 2.24. The van der Waals surface area contributed by atoms with E-state index in [9.17, 15) is 4.39 Å². The summed E-state index contributed by atoms with van der Waals surface area (Å²) in [6.45, 7) is 5.55. The van der Waals surface area contributed by atoms with Crippen molar-refractivity contribution in [3.8, 4) is 0 Å². The molecule has 7 heteroatoms. The van der Waals surface area contributed by atoms with Gasteiger partial charge in [0.15, 0.2) is 0 Å². The van der Waals surface area contributed by atoms with Crippen molar-refractivity contribution in [1.29, 1.82) is 0 Å². The number of nitrogens with zero attached hydrogens (tertiary/aromatic N) is 3. The number of hydrogen-bond donors (Lipinski definition) is 1. The van der Waals surface area contributed by atoms with E-state index in [2.05, 4.69) is 33.8 Å². The highest BCUT2D eigenvalue weighted by atomic mass is 35.5. The fourth-order valence-electron chi connectivity index (χ4n) is 3.46. The van der Waals surface area contributed by atoms with E-state index in [0.29, 0.717) is 0 Å². The first-order valence-electron chi connectivity index (χ1n) is 8.34. The molecular weight excluding hydrogens is 374 g/mol. The molecule has 0 spiro atoms. The van der Waals surface area contributed by atoms with Crippen LogP contribution in [0.1, 0.15) is 23.0 Å². The third-order valence-corrected chi connectivity index (χ3v) is 4.70. The molecule has 0 aliphatic carbocycles. The fraction of sp³-hybridized carbons (Fsp3) is 0.316. The molecule has 1 N–H and O–H groups in total. The first-order chi connectivity index (χ1) is 11.7. The van der Waals surface area contributed by atoms with Crippen molar-refractivity contribution in [3.63, 3.8) is 0 Å². The Morgan fingerprint density at radius 3 is 2.77 bits per heavy atom. The van der Waals surface area contributed by atoms with Crippen molar-refractivity contribution in [2.75, 3.05) is 19.6 Å². The molecule has 3 aromatic rings. The topological polar surface area (TPSA) is 32.6 Å². The molecule has 1 aliphatic rings. The minimum Gasteiger partial charge on any atom is -0.314 e. The summed E-state index contributed by atoms with van der Waals surface area (Å²) in [5.41, 5.74) is 4.21. The number of fused-ring (bicyclic) bond motifs is 1. The zero-order valence-electron chi connectivity index (χ0n) is 14.6. The van der Waals surface area contributed by atoms with Gasteiger partial charge in [0.1, 0.15) is 11.5 Å². The van der Waals surface area contributed by atoms with Crippen molar-refractivity contribution in [2.24, 2.45) is 0 Å². The summed E-state index contributed by atoms with van der Waals surface area (Å²) in [5, 5.41) is 3.41. The summed E-state index contributed by atoms with van der Waals surface area (Å²) in [6, 6.07) is 13.2. The second-order valence-corrected chi connectivity index (χ2v) is 6.37. The van der Waals surface area contributed by atoms with Crippen LogP contribution in [0, 0.1) is 12.7 Å². The molecule has 0 bridgehead atoms. The predicted octanol–water partition coefficient (Wildman–Crippen LogP) is 3.77. The molecule has 1 atom stereocenters. The first kappa shape index (κ1) is 20.6. The van der Waals surface area contributed by atoms with Crippen LogP contribution in [0.2, 0.25) is 0 Å². The maximum Gasteiger partial charge on any atom is 0.137 e. The highest BCUT2D eigenvalue weighted by Crippen LogP contribution is 2.24. The van der Waals surface area contributed by atoms with E-state index in [-0.39, 0.29) is 36.7 Å². The second kappa shape index (κ2) is 8.82. The Labute approximate surface area is 165 Å². The SMILES string of the molecule is Cc1cccc2nc(CN3CCNCC3c3cccc(F)c3)cn12.Cl.Cl. The van der Waals surface area contributed by atoms with Gasteiger partial charge in [-0.15, -0.1) is 24.8 Å². The number of piperazine rings is 1. The third kappa shape index (κ3) is 4.18. The number of nitrogens with one attached hydrogen (secondary N) is 1. The summed E-state index contributed by atoms with van der Waals surface area (Å²) in [5.74, 6) is -0.179. The smallest absolute Gasteiger partial charge is 0.137 e. The molecule has 1 aromatic carbocycles. The molecule has 140 valence electrons. The molecule has 1 fully saturated rings. The number of aryl methyl sites for hydroxylation is 1. The van der Waals surface area contributed by atoms with Gasteiger partial charge in [0, 0.05) is 44.1 Å². The minimum atomic E-state index is -0.179. The number of pyridine rings is 1. The molecule has 26 heavy (non-hydrogen) atoms. The molecule has 1 unspecified atom stereocenters. The van der Waals surface area contributed by atoms with Crippen LogP contribution in [-0.4, -0.2) is 33.9 Å². The molecule has 3 heterocycles. The zero-order chi connectivity index (χ0) is 16.5. The van der Waals surface area contributed by atoms with Gasteiger partial charge in [-0.05, 0) is 36.8 Å². The molecule has 2 aromatic heterocycles. The Hall–Kier alpha value is -1.66. The van der Waals surface area contributed by atoms with Crippen LogP contribution in [0.15, 0.2) is 48.7 Å². The lowest BCUT2D eigenvalue weighted by Crippen LogP contribution is -2.45. The number of halogens is 3. The van der Waals surface area contributed by atoms with Crippen LogP contribution in [0.4, 0.5) is 4.39 Å². The Balaban J connectivity index is 0.00000121. The van der Waals surface area contributed by atoms with E-state index in [1.807, 2.05) is 18.2 Å². The predicted molar refractivity (Wildman–Crippen MR) is 107 cm³/mol. The van der Waals surface area contributed by atoms with E-state index in [4.69, 9.17) is 4.98 Å². The van der Waals surface area contributed by atoms with E-state index in [1.165, 1.54) is 11.8 Å². The van der Waals surface area contributed by atoms with Gasteiger partial charge in [-0.2, -0.15) is 0 Å². The summed E-state index contributed by atoms with van der Waals surface area (Å²) >= 11 is 0. The number of rotatable bonds is 3. The molecule has 1 aliphatic heterocycles. The molecule has 4 rings (SSSR count). The summed E-state index contributed by atoms with van der Waals surface area (Å²) in [7, 11) is 0. The lowest BCUT2D eigenvalue weighted by atomic mass is 10.0. The normalized spacial score (nSPS) is 17.5. The van der Waals surface area contributed by atoms with Gasteiger partial charge in [-0.1, -0.05) is 18.2 Å². The largest absolute Gasteiger partial charge is 0.314 e. The standard InChI is InChI=1S/C19H21FN4.2ClH/c1-14-4-2-7-19-22-17(13-24(14)19)12-23-9-8-21-11-18(23)15-5-3-6-16(20)10-15;;/h2-7,10,13,18,21H,8-9,11-12H2,1H3;2*1H. The van der Waals surface area contributed by atoms with Gasteiger partial charge in [0.05, 0.1) is 5.69 Å². The molecule has 4 nitrogen and oxygen atoms in total. The Bertz CT molecular complexity index is 868. The Morgan fingerprint density at radius 1 is 1.19 bits per heavy atom. The van der Waals surface area contributed by atoms with Crippen molar-refractivity contribution in [1.82, 2.24) is 19.6 Å². The third-order valence-electron chi connectivity index (χ3n) is 4.70. The van der Waals surface area contributed by atoms with Crippen molar-refractivity contribution >= 4 is 30.5 Å². The van der Waals surface area contributed by atoms with Gasteiger partial charge in [-0.3, -0.25) is 4.90 Å². The molecule has 1 saturated heterocycles. The summed E-state index contributed by atoms with van der Waals surface area (Å²) in [6.07, 6.45) is 2.11. The molecule has 0 amide bonds. The second-order valence-electron chi connectivity index (χ2n) is 6.37. The Morgan fingerprint density at radius 2 is 2.00 bits per heavy atom. The molecule has 0 radical (unpaired) electrons. The van der Waals surface area contributed by atoms with Gasteiger partial charge >= 0.3 is 0 Å². The number of imidazole rings is 1. The monoisotopic (exact) mass is 396 g/mol. The van der Waals surface area contributed by atoms with Gasteiger partial charge in [-0.25, -0.2) is 9.37 Å². The maximum absolute atomic E-state index is 13.6. The fourth-order valence-corrected chi connectivity index (χ4v) is 3.46. The number of aromatic nitrogens is 2. The van der Waals surface area contributed by atoms with Gasteiger partial charge in [0.25, 0.3) is 0 Å². The van der Waals surface area contributed by atoms with Crippen LogP contribution >= 0.6 is 24.8 Å². The Kier molecular flexibility index (Phi) is 7.01. The highest BCUT2D eigenvalue weighted by molar-refractivity contribution is 5.85. The summed E-state index contributed by atoms with van der Waals surface area (Å²) < 4.78 is 15.7. The van der Waals surface area contributed by atoms with Crippen LogP contribution in [0.25, 0.3) is 5.65 Å². The zero-order valence-corrected chi connectivity index (χ0v) is 16.2. The summed E-state index contributed by atoms with van der Waals surface area (Å²) in [4.78, 5) is 7.12. The van der Waals surface area contributed by atoms with Crippen molar-refractivity contribution < 1.29 is 4.39 Å². The lowest BCUT2D eigenvalue weighted by Gasteiger charge is -2.36. The number of benzene rings is 1. The van der Waals surface area contributed by atoms with Crippen molar-refractivity contribution in [2.45, 2.75) is 19.5 Å². The average molecular weight is 397 g/mol. The molecular formula is C19H23Cl2FN4. The first-order valence-corrected chi connectivity index (χ1v) is 8.34.